The third-order valence-electron chi connectivity index (χ3n) is 6.87. The summed E-state index contributed by atoms with van der Waals surface area (Å²) in [5.74, 6) is 0.500. The largest absolute Gasteiger partial charge is 0.337 e. The molecule has 4 rings (SSSR count). The molecule has 1 saturated carbocycles. The first-order valence-corrected chi connectivity index (χ1v) is 11.3. The molecular formula is C26H32N2O2. The summed E-state index contributed by atoms with van der Waals surface area (Å²) in [5, 5.41) is 3.44. The Morgan fingerprint density at radius 1 is 1.03 bits per heavy atom. The highest BCUT2D eigenvalue weighted by Gasteiger charge is 2.41. The van der Waals surface area contributed by atoms with Crippen molar-refractivity contribution in [2.45, 2.75) is 56.4 Å². The minimum absolute atomic E-state index is 0.170. The number of Topliss-reactive ketones (excluding diaryl/α,β-unsaturated/α-hetero) is 1. The highest BCUT2D eigenvalue weighted by molar-refractivity contribution is 5.91. The highest BCUT2D eigenvalue weighted by atomic mass is 16.2. The van der Waals surface area contributed by atoms with Crippen LogP contribution in [0.2, 0.25) is 0 Å². The summed E-state index contributed by atoms with van der Waals surface area (Å²) in [7, 11) is 0. The molecule has 0 spiro atoms. The number of nitrogens with zero attached hydrogens (tertiary/aromatic N) is 1. The van der Waals surface area contributed by atoms with Crippen LogP contribution in [0.4, 0.5) is 0 Å². The number of carbonyl (C=O) groups is 2. The van der Waals surface area contributed by atoms with Gasteiger partial charge in [-0.2, -0.15) is 0 Å². The van der Waals surface area contributed by atoms with Crippen LogP contribution in [0, 0.1) is 0 Å². The second-order valence-electron chi connectivity index (χ2n) is 8.71. The Kier molecular flexibility index (Phi) is 6.63. The van der Waals surface area contributed by atoms with Crippen LogP contribution in [-0.4, -0.2) is 42.3 Å². The fraction of sp³-hybridized carbons (Fsp3) is 0.462. The fourth-order valence-electron chi connectivity index (χ4n) is 5.18. The van der Waals surface area contributed by atoms with Gasteiger partial charge in [0.25, 0.3) is 0 Å². The van der Waals surface area contributed by atoms with Gasteiger partial charge in [-0.05, 0) is 36.8 Å². The van der Waals surface area contributed by atoms with Crippen molar-refractivity contribution in [2.24, 2.45) is 0 Å². The van der Waals surface area contributed by atoms with Gasteiger partial charge < -0.3 is 10.2 Å². The molecule has 1 aliphatic carbocycles. The molecule has 4 heteroatoms. The minimum atomic E-state index is -0.488. The van der Waals surface area contributed by atoms with Crippen LogP contribution in [-0.2, 0) is 21.4 Å². The highest BCUT2D eigenvalue weighted by Crippen LogP contribution is 2.40. The Morgan fingerprint density at radius 2 is 1.77 bits per heavy atom. The first kappa shape index (κ1) is 20.8. The smallest absolute Gasteiger partial charge is 0.222 e. The molecule has 2 aromatic rings. The maximum Gasteiger partial charge on any atom is 0.222 e. The van der Waals surface area contributed by atoms with Gasteiger partial charge in [0, 0.05) is 38.5 Å². The van der Waals surface area contributed by atoms with Crippen molar-refractivity contribution in [3.63, 3.8) is 0 Å². The standard InChI is InChI=1S/C26H32N2O2/c29-24-13-7-8-15-26(24,22-11-5-2-6-12-22)16-14-25(30)28-18-17-27-20-23(28)19-21-9-3-1-4-10-21/h1-6,9-12,23,27H,7-8,13-20H2/t23-,26?/m1/s1. The van der Waals surface area contributed by atoms with Gasteiger partial charge in [-0.3, -0.25) is 9.59 Å². The predicted molar refractivity (Wildman–Crippen MR) is 119 cm³/mol. The van der Waals surface area contributed by atoms with Gasteiger partial charge in [-0.25, -0.2) is 0 Å². The summed E-state index contributed by atoms with van der Waals surface area (Å²) in [4.78, 5) is 28.4. The molecule has 0 radical (unpaired) electrons. The molecular weight excluding hydrogens is 372 g/mol. The molecule has 1 heterocycles. The molecule has 1 N–H and O–H groups in total. The van der Waals surface area contributed by atoms with E-state index in [1.165, 1.54) is 5.56 Å². The molecule has 1 aliphatic heterocycles. The molecule has 2 aromatic carbocycles. The monoisotopic (exact) mass is 404 g/mol. The molecule has 2 fully saturated rings. The van der Waals surface area contributed by atoms with Crippen LogP contribution in [0.25, 0.3) is 0 Å². The quantitative estimate of drug-likeness (QED) is 0.795. The third kappa shape index (κ3) is 4.49. The number of ketones is 1. The van der Waals surface area contributed by atoms with Gasteiger partial charge in [0.15, 0.2) is 0 Å². The SMILES string of the molecule is O=C(CCC1(c2ccccc2)CCCCC1=O)N1CCNC[C@H]1Cc1ccccc1. The number of carbonyl (C=O) groups excluding carboxylic acids is 2. The molecule has 1 saturated heterocycles. The van der Waals surface area contributed by atoms with Crippen molar-refractivity contribution in [1.82, 2.24) is 10.2 Å². The Balaban J connectivity index is 1.48. The molecule has 2 atom stereocenters. The van der Waals surface area contributed by atoms with Crippen molar-refractivity contribution in [1.29, 1.82) is 0 Å². The van der Waals surface area contributed by atoms with Gasteiger partial charge in [0.05, 0.1) is 5.41 Å². The molecule has 0 aromatic heterocycles. The zero-order valence-corrected chi connectivity index (χ0v) is 17.7. The Morgan fingerprint density at radius 3 is 2.50 bits per heavy atom. The van der Waals surface area contributed by atoms with Gasteiger partial charge in [0.2, 0.25) is 5.91 Å². The lowest BCUT2D eigenvalue weighted by atomic mass is 9.66. The molecule has 1 unspecified atom stereocenters. The maximum atomic E-state index is 13.3. The summed E-state index contributed by atoms with van der Waals surface area (Å²) in [6.07, 6.45) is 5.44. The number of amides is 1. The number of benzene rings is 2. The third-order valence-corrected chi connectivity index (χ3v) is 6.87. The van der Waals surface area contributed by atoms with Crippen LogP contribution in [0.1, 0.15) is 49.7 Å². The van der Waals surface area contributed by atoms with E-state index in [0.717, 1.165) is 50.9 Å². The zero-order chi connectivity index (χ0) is 20.8. The lowest BCUT2D eigenvalue weighted by molar-refractivity contribution is -0.135. The average Bonchev–Trinajstić information content (AvgIpc) is 2.80. The van der Waals surface area contributed by atoms with E-state index in [4.69, 9.17) is 0 Å². The normalized spacial score (nSPS) is 24.6. The summed E-state index contributed by atoms with van der Waals surface area (Å²) in [6, 6.07) is 20.7. The summed E-state index contributed by atoms with van der Waals surface area (Å²) >= 11 is 0. The summed E-state index contributed by atoms with van der Waals surface area (Å²) < 4.78 is 0. The Bertz CT molecular complexity index is 852. The van der Waals surface area contributed by atoms with Crippen LogP contribution in [0.15, 0.2) is 60.7 Å². The Hall–Kier alpha value is -2.46. The van der Waals surface area contributed by atoms with E-state index < -0.39 is 5.41 Å². The average molecular weight is 405 g/mol. The van der Waals surface area contributed by atoms with Gasteiger partial charge >= 0.3 is 0 Å². The topological polar surface area (TPSA) is 49.4 Å². The van der Waals surface area contributed by atoms with Crippen LogP contribution >= 0.6 is 0 Å². The minimum Gasteiger partial charge on any atom is -0.337 e. The molecule has 1 amide bonds. The van der Waals surface area contributed by atoms with E-state index in [0.29, 0.717) is 25.0 Å². The van der Waals surface area contributed by atoms with Crippen molar-refractivity contribution in [3.8, 4) is 0 Å². The van der Waals surface area contributed by atoms with Crippen molar-refractivity contribution < 1.29 is 9.59 Å². The first-order chi connectivity index (χ1) is 14.7. The van der Waals surface area contributed by atoms with E-state index in [2.05, 4.69) is 46.6 Å². The van der Waals surface area contributed by atoms with Crippen molar-refractivity contribution in [2.75, 3.05) is 19.6 Å². The van der Waals surface area contributed by atoms with Crippen LogP contribution < -0.4 is 5.32 Å². The molecule has 0 bridgehead atoms. The number of nitrogens with one attached hydrogen (secondary N) is 1. The molecule has 30 heavy (non-hydrogen) atoms. The summed E-state index contributed by atoms with van der Waals surface area (Å²) in [5.41, 5.74) is 1.86. The number of piperazine rings is 1. The maximum absolute atomic E-state index is 13.3. The number of hydrogen-bond acceptors (Lipinski definition) is 3. The molecule has 2 aliphatic rings. The van der Waals surface area contributed by atoms with Gasteiger partial charge in [-0.15, -0.1) is 0 Å². The van der Waals surface area contributed by atoms with Crippen molar-refractivity contribution in [3.05, 3.63) is 71.8 Å². The first-order valence-electron chi connectivity index (χ1n) is 11.3. The Labute approximate surface area is 179 Å². The van der Waals surface area contributed by atoms with Gasteiger partial charge in [-0.1, -0.05) is 67.1 Å². The predicted octanol–water partition coefficient (Wildman–Crippen LogP) is 3.89. The number of rotatable bonds is 6. The van der Waals surface area contributed by atoms with Gasteiger partial charge in [0.1, 0.15) is 5.78 Å². The van der Waals surface area contributed by atoms with E-state index in [9.17, 15) is 9.59 Å². The summed E-state index contributed by atoms with van der Waals surface area (Å²) in [6.45, 7) is 2.39. The second-order valence-corrected chi connectivity index (χ2v) is 8.71. The second kappa shape index (κ2) is 9.57. The van der Waals surface area contributed by atoms with E-state index in [1.54, 1.807) is 0 Å². The van der Waals surface area contributed by atoms with E-state index in [-0.39, 0.29) is 11.9 Å². The number of hydrogen-bond donors (Lipinski definition) is 1. The van der Waals surface area contributed by atoms with Crippen molar-refractivity contribution >= 4 is 11.7 Å². The molecule has 158 valence electrons. The lowest BCUT2D eigenvalue weighted by Crippen LogP contribution is -2.54. The fourth-order valence-corrected chi connectivity index (χ4v) is 5.18. The van der Waals surface area contributed by atoms with E-state index in [1.807, 2.05) is 24.3 Å². The molecule has 4 nitrogen and oxygen atoms in total. The van der Waals surface area contributed by atoms with Crippen LogP contribution in [0.3, 0.4) is 0 Å². The van der Waals surface area contributed by atoms with E-state index >= 15 is 0 Å². The zero-order valence-electron chi connectivity index (χ0n) is 17.7. The van der Waals surface area contributed by atoms with Crippen LogP contribution in [0.5, 0.6) is 0 Å². The lowest BCUT2D eigenvalue weighted by Gasteiger charge is -2.39.